The molecule has 21 heavy (non-hydrogen) atoms. The van der Waals surface area contributed by atoms with Gasteiger partial charge in [-0.1, -0.05) is 0 Å². The molecule has 120 valence electrons. The molecule has 1 aliphatic rings. The van der Waals surface area contributed by atoms with Gasteiger partial charge in [-0.15, -0.1) is 24.0 Å². The topological polar surface area (TPSA) is 57.5 Å². The van der Waals surface area contributed by atoms with Gasteiger partial charge in [0.2, 0.25) is 0 Å². The van der Waals surface area contributed by atoms with Crippen molar-refractivity contribution in [3.63, 3.8) is 0 Å². The molecule has 0 bridgehead atoms. The van der Waals surface area contributed by atoms with Crippen molar-refractivity contribution < 1.29 is 0 Å². The Hall–Kier alpha value is -0.830. The van der Waals surface area contributed by atoms with Gasteiger partial charge in [-0.05, 0) is 39.4 Å². The summed E-state index contributed by atoms with van der Waals surface area (Å²) in [6.07, 6.45) is 4.37. The summed E-state index contributed by atoms with van der Waals surface area (Å²) in [5, 5.41) is 10.9. The van der Waals surface area contributed by atoms with Gasteiger partial charge in [-0.2, -0.15) is 5.10 Å². The Morgan fingerprint density at radius 3 is 2.81 bits per heavy atom. The maximum Gasteiger partial charge on any atom is 0.191 e. The van der Waals surface area contributed by atoms with E-state index in [1.165, 1.54) is 19.4 Å². The van der Waals surface area contributed by atoms with E-state index < -0.39 is 0 Å². The van der Waals surface area contributed by atoms with E-state index in [2.05, 4.69) is 39.6 Å². The number of hydrogen-bond acceptors (Lipinski definition) is 3. The first-order valence-electron chi connectivity index (χ1n) is 7.40. The lowest BCUT2D eigenvalue weighted by Gasteiger charge is -2.21. The minimum Gasteiger partial charge on any atom is -0.357 e. The van der Waals surface area contributed by atoms with Crippen molar-refractivity contribution in [2.24, 2.45) is 12.0 Å². The second-order valence-corrected chi connectivity index (χ2v) is 5.30. The van der Waals surface area contributed by atoms with Crippen molar-refractivity contribution in [2.45, 2.75) is 32.4 Å². The van der Waals surface area contributed by atoms with Crippen LogP contribution in [0, 0.1) is 0 Å². The first kappa shape index (κ1) is 18.2. The third-order valence-corrected chi connectivity index (χ3v) is 3.84. The first-order valence-corrected chi connectivity index (χ1v) is 7.40. The normalized spacial score (nSPS) is 19.4. The van der Waals surface area contributed by atoms with Crippen molar-refractivity contribution >= 4 is 29.9 Å². The smallest absolute Gasteiger partial charge is 0.191 e. The number of likely N-dealkylation sites (tertiary alicyclic amines) is 1. The molecule has 0 radical (unpaired) electrons. The molecule has 7 heteroatoms. The molecular formula is C14H27IN6. The number of rotatable bonds is 5. The number of nitrogens with one attached hydrogen (secondary N) is 2. The van der Waals surface area contributed by atoms with Crippen molar-refractivity contribution in [1.82, 2.24) is 25.3 Å². The van der Waals surface area contributed by atoms with E-state index in [-0.39, 0.29) is 24.0 Å². The number of halogens is 1. The zero-order chi connectivity index (χ0) is 14.4. The highest BCUT2D eigenvalue weighted by Crippen LogP contribution is 2.13. The van der Waals surface area contributed by atoms with Crippen LogP contribution in [0.5, 0.6) is 0 Å². The Bertz CT molecular complexity index is 444. The molecule has 1 saturated heterocycles. The van der Waals surface area contributed by atoms with Crippen LogP contribution < -0.4 is 10.6 Å². The summed E-state index contributed by atoms with van der Waals surface area (Å²) >= 11 is 0. The molecule has 6 nitrogen and oxygen atoms in total. The molecular weight excluding hydrogens is 379 g/mol. The Kier molecular flexibility index (Phi) is 8.02. The van der Waals surface area contributed by atoms with E-state index in [1.807, 2.05) is 17.8 Å². The van der Waals surface area contributed by atoms with E-state index >= 15 is 0 Å². The number of aromatic nitrogens is 2. The van der Waals surface area contributed by atoms with Gasteiger partial charge in [0.15, 0.2) is 5.96 Å². The van der Waals surface area contributed by atoms with Gasteiger partial charge in [0, 0.05) is 32.4 Å². The minimum absolute atomic E-state index is 0. The monoisotopic (exact) mass is 406 g/mol. The summed E-state index contributed by atoms with van der Waals surface area (Å²) in [7, 11) is 4.14. The fraction of sp³-hybridized carbons (Fsp3) is 0.714. The molecule has 1 unspecified atom stereocenters. The molecule has 0 spiro atoms. The van der Waals surface area contributed by atoms with Crippen LogP contribution in [0.2, 0.25) is 0 Å². The van der Waals surface area contributed by atoms with Crippen molar-refractivity contribution in [2.75, 3.05) is 26.7 Å². The summed E-state index contributed by atoms with van der Waals surface area (Å²) in [5.74, 6) is 0.883. The highest BCUT2D eigenvalue weighted by Gasteiger charge is 2.20. The quantitative estimate of drug-likeness (QED) is 0.438. The molecule has 1 aromatic heterocycles. The zero-order valence-corrected chi connectivity index (χ0v) is 15.5. The van der Waals surface area contributed by atoms with Crippen LogP contribution in [-0.4, -0.2) is 53.4 Å². The molecule has 1 atom stereocenters. The average Bonchev–Trinajstić information content (AvgIpc) is 3.02. The highest BCUT2D eigenvalue weighted by atomic mass is 127. The lowest BCUT2D eigenvalue weighted by atomic mass is 10.2. The number of likely N-dealkylation sites (N-methyl/N-ethyl adjacent to an activating group) is 1. The second-order valence-electron chi connectivity index (χ2n) is 5.30. The maximum atomic E-state index is 4.62. The van der Waals surface area contributed by atoms with Crippen LogP contribution in [-0.2, 0) is 13.6 Å². The van der Waals surface area contributed by atoms with E-state index in [0.717, 1.165) is 24.7 Å². The Labute approximate surface area is 144 Å². The molecule has 0 saturated carbocycles. The molecule has 0 aromatic carbocycles. The molecule has 2 N–H and O–H groups in total. The van der Waals surface area contributed by atoms with Gasteiger partial charge in [-0.3, -0.25) is 4.68 Å². The molecule has 1 fully saturated rings. The van der Waals surface area contributed by atoms with E-state index in [4.69, 9.17) is 0 Å². The van der Waals surface area contributed by atoms with Crippen LogP contribution in [0.15, 0.2) is 17.3 Å². The largest absolute Gasteiger partial charge is 0.357 e. The van der Waals surface area contributed by atoms with E-state index in [9.17, 15) is 0 Å². The SMILES string of the molecule is CCNC(=NCc1ccnn1C)NCC1CCCN1C.I. The van der Waals surface area contributed by atoms with Gasteiger partial charge in [0.25, 0.3) is 0 Å². The Balaban J connectivity index is 0.00000220. The lowest BCUT2D eigenvalue weighted by molar-refractivity contribution is 0.309. The van der Waals surface area contributed by atoms with Crippen LogP contribution in [0.3, 0.4) is 0 Å². The predicted molar refractivity (Wildman–Crippen MR) is 97.1 cm³/mol. The molecule has 1 aromatic rings. The standard InChI is InChI=1S/C14H26N6.HI/c1-4-15-14(16-10-12-6-5-9-19(12)2)17-11-13-7-8-18-20(13)3;/h7-8,12H,4-6,9-11H2,1-3H3,(H2,15,16,17);1H. The van der Waals surface area contributed by atoms with Crippen LogP contribution in [0.1, 0.15) is 25.5 Å². The van der Waals surface area contributed by atoms with E-state index in [0.29, 0.717) is 12.6 Å². The van der Waals surface area contributed by atoms with Gasteiger partial charge in [0.05, 0.1) is 12.2 Å². The van der Waals surface area contributed by atoms with Crippen molar-refractivity contribution in [1.29, 1.82) is 0 Å². The number of guanidine groups is 1. The Morgan fingerprint density at radius 2 is 2.24 bits per heavy atom. The van der Waals surface area contributed by atoms with Gasteiger partial charge in [-0.25, -0.2) is 4.99 Å². The summed E-state index contributed by atoms with van der Waals surface area (Å²) in [6.45, 7) is 5.76. The molecule has 2 heterocycles. The predicted octanol–water partition coefficient (Wildman–Crippen LogP) is 1.19. The minimum atomic E-state index is 0. The molecule has 1 aliphatic heterocycles. The zero-order valence-electron chi connectivity index (χ0n) is 13.2. The molecule has 0 amide bonds. The summed E-state index contributed by atoms with van der Waals surface area (Å²) in [5.41, 5.74) is 1.11. The van der Waals surface area contributed by atoms with Crippen molar-refractivity contribution in [3.8, 4) is 0 Å². The van der Waals surface area contributed by atoms with Crippen molar-refractivity contribution in [3.05, 3.63) is 18.0 Å². The number of aliphatic imine (C=N–C) groups is 1. The van der Waals surface area contributed by atoms with E-state index in [1.54, 1.807) is 6.20 Å². The average molecular weight is 406 g/mol. The molecule has 2 rings (SSSR count). The third-order valence-electron chi connectivity index (χ3n) is 3.84. The molecule has 0 aliphatic carbocycles. The number of nitrogens with zero attached hydrogens (tertiary/aromatic N) is 4. The third kappa shape index (κ3) is 5.46. The van der Waals surface area contributed by atoms with Gasteiger partial charge in [0.1, 0.15) is 0 Å². The van der Waals surface area contributed by atoms with Crippen LogP contribution in [0.25, 0.3) is 0 Å². The summed E-state index contributed by atoms with van der Waals surface area (Å²) < 4.78 is 1.86. The fourth-order valence-corrected chi connectivity index (χ4v) is 2.51. The van der Waals surface area contributed by atoms with Gasteiger partial charge >= 0.3 is 0 Å². The van der Waals surface area contributed by atoms with Crippen LogP contribution >= 0.6 is 24.0 Å². The first-order chi connectivity index (χ1) is 9.70. The fourth-order valence-electron chi connectivity index (χ4n) is 2.51. The maximum absolute atomic E-state index is 4.62. The number of aryl methyl sites for hydroxylation is 1. The van der Waals surface area contributed by atoms with Gasteiger partial charge < -0.3 is 15.5 Å². The summed E-state index contributed by atoms with van der Waals surface area (Å²) in [6, 6.07) is 2.62. The highest BCUT2D eigenvalue weighted by molar-refractivity contribution is 14.0. The van der Waals surface area contributed by atoms with Crippen LogP contribution in [0.4, 0.5) is 0 Å². The Morgan fingerprint density at radius 1 is 1.43 bits per heavy atom. The number of hydrogen-bond donors (Lipinski definition) is 2. The lowest BCUT2D eigenvalue weighted by Crippen LogP contribution is -2.44. The summed E-state index contributed by atoms with van der Waals surface area (Å²) in [4.78, 5) is 7.03. The second kappa shape index (κ2) is 9.24.